The topological polar surface area (TPSA) is 29.9 Å². The molecule has 0 radical (unpaired) electrons. The third-order valence-corrected chi connectivity index (χ3v) is 3.89. The largest absolute Gasteiger partial charge is 0.381 e. The summed E-state index contributed by atoms with van der Waals surface area (Å²) in [5.41, 5.74) is 1.64. The van der Waals surface area contributed by atoms with Crippen LogP contribution in [0, 0.1) is 10.2 Å². The molecule has 1 aliphatic heterocycles. The normalized spacial score (nSPS) is 19.9. The van der Waals surface area contributed by atoms with Crippen LogP contribution in [-0.4, -0.2) is 22.8 Å². The molecule has 0 bridgehead atoms. The van der Waals surface area contributed by atoms with Crippen molar-refractivity contribution in [3.05, 3.63) is 16.7 Å². The molecule has 0 spiro atoms. The van der Waals surface area contributed by atoms with Crippen LogP contribution in [0.25, 0.3) is 0 Å². The van der Waals surface area contributed by atoms with Crippen molar-refractivity contribution in [3.8, 4) is 0 Å². The molecule has 1 saturated heterocycles. The summed E-state index contributed by atoms with van der Waals surface area (Å²) in [6.07, 6.45) is 5.32. The highest BCUT2D eigenvalue weighted by Gasteiger charge is 2.28. The average molecular weight is 240 g/mol. The van der Waals surface area contributed by atoms with Crippen molar-refractivity contribution in [2.24, 2.45) is 5.41 Å². The minimum absolute atomic E-state index is 0.336. The Morgan fingerprint density at radius 3 is 2.81 bits per heavy atom. The Morgan fingerprint density at radius 1 is 1.50 bits per heavy atom. The summed E-state index contributed by atoms with van der Waals surface area (Å²) in [6.45, 7) is 7.29. The molecule has 4 heteroatoms. The highest BCUT2D eigenvalue weighted by Crippen LogP contribution is 2.32. The molecular weight excluding hydrogens is 220 g/mol. The first-order chi connectivity index (χ1) is 7.64. The first-order valence-corrected chi connectivity index (χ1v) is 6.40. The molecular formula is C12H20N2OS. The zero-order valence-corrected chi connectivity index (χ0v) is 10.9. The summed E-state index contributed by atoms with van der Waals surface area (Å²) in [5.74, 6) is 0. The Bertz CT molecular complexity index is 401. The van der Waals surface area contributed by atoms with Crippen LogP contribution in [-0.2, 0) is 17.7 Å². The molecule has 1 aromatic heterocycles. The maximum absolute atomic E-state index is 5.43. The van der Waals surface area contributed by atoms with Gasteiger partial charge in [0.15, 0.2) is 4.77 Å². The Kier molecular flexibility index (Phi) is 3.50. The summed E-state index contributed by atoms with van der Waals surface area (Å²) in [4.78, 5) is 3.14. The molecule has 90 valence electrons. The summed E-state index contributed by atoms with van der Waals surface area (Å²) in [7, 11) is 0. The quantitative estimate of drug-likeness (QED) is 0.823. The fourth-order valence-electron chi connectivity index (χ4n) is 2.30. The van der Waals surface area contributed by atoms with Gasteiger partial charge in [0.1, 0.15) is 0 Å². The maximum atomic E-state index is 5.43. The molecule has 16 heavy (non-hydrogen) atoms. The van der Waals surface area contributed by atoms with Gasteiger partial charge in [-0.3, -0.25) is 0 Å². The van der Waals surface area contributed by atoms with Gasteiger partial charge in [-0.25, -0.2) is 0 Å². The zero-order chi connectivity index (χ0) is 11.6. The Balaban J connectivity index is 2.18. The number of rotatable bonds is 3. The lowest BCUT2D eigenvalue weighted by Gasteiger charge is -2.34. The summed E-state index contributed by atoms with van der Waals surface area (Å²) in [6, 6.07) is 0. The van der Waals surface area contributed by atoms with E-state index < -0.39 is 0 Å². The molecule has 0 aromatic carbocycles. The van der Waals surface area contributed by atoms with Gasteiger partial charge in [0.2, 0.25) is 0 Å². The lowest BCUT2D eigenvalue weighted by Crippen LogP contribution is -2.31. The van der Waals surface area contributed by atoms with Gasteiger partial charge in [-0.1, -0.05) is 13.8 Å². The number of nitrogens with zero attached hydrogens (tertiary/aromatic N) is 1. The van der Waals surface area contributed by atoms with Gasteiger partial charge in [-0.15, -0.1) is 0 Å². The van der Waals surface area contributed by atoms with Crippen molar-refractivity contribution in [3.63, 3.8) is 0 Å². The second-order valence-corrected chi connectivity index (χ2v) is 5.33. The van der Waals surface area contributed by atoms with Crippen molar-refractivity contribution in [2.45, 2.75) is 39.7 Å². The minimum Gasteiger partial charge on any atom is -0.381 e. The number of ether oxygens (including phenoxy) is 1. The number of H-pyrrole nitrogens is 1. The number of nitrogens with one attached hydrogen (secondary N) is 1. The Hall–Kier alpha value is -0.610. The molecule has 1 aromatic rings. The average Bonchev–Trinajstić information content (AvgIpc) is 2.61. The van der Waals surface area contributed by atoms with Gasteiger partial charge >= 0.3 is 0 Å². The highest BCUT2D eigenvalue weighted by molar-refractivity contribution is 7.71. The molecule has 0 amide bonds. The molecule has 0 aliphatic carbocycles. The van der Waals surface area contributed by atoms with Crippen LogP contribution in [0.1, 0.15) is 32.4 Å². The molecule has 1 N–H and O–H groups in total. The van der Waals surface area contributed by atoms with Crippen LogP contribution in [0.5, 0.6) is 0 Å². The van der Waals surface area contributed by atoms with E-state index in [1.54, 1.807) is 0 Å². The van der Waals surface area contributed by atoms with Crippen LogP contribution < -0.4 is 0 Å². The predicted molar refractivity (Wildman–Crippen MR) is 67.2 cm³/mol. The molecule has 2 rings (SSSR count). The lowest BCUT2D eigenvalue weighted by molar-refractivity contribution is 0.0150. The first-order valence-electron chi connectivity index (χ1n) is 5.99. The fraction of sp³-hybridized carbons (Fsp3) is 0.750. The molecule has 1 aliphatic rings. The smallest absolute Gasteiger partial charge is 0.177 e. The number of aryl methyl sites for hydroxylation is 1. The lowest BCUT2D eigenvalue weighted by atomic mass is 9.82. The highest BCUT2D eigenvalue weighted by atomic mass is 32.1. The molecule has 0 saturated carbocycles. The number of imidazole rings is 1. The second-order valence-electron chi connectivity index (χ2n) is 4.95. The molecule has 3 nitrogen and oxygen atoms in total. The first kappa shape index (κ1) is 11.9. The third kappa shape index (κ3) is 2.38. The Morgan fingerprint density at radius 2 is 2.19 bits per heavy atom. The monoisotopic (exact) mass is 240 g/mol. The van der Waals surface area contributed by atoms with Crippen molar-refractivity contribution >= 4 is 12.2 Å². The zero-order valence-electron chi connectivity index (χ0n) is 10.1. The van der Waals surface area contributed by atoms with Gasteiger partial charge in [0.25, 0.3) is 0 Å². The third-order valence-electron chi connectivity index (χ3n) is 3.56. The van der Waals surface area contributed by atoms with Gasteiger partial charge < -0.3 is 14.3 Å². The van der Waals surface area contributed by atoms with E-state index in [-0.39, 0.29) is 0 Å². The van der Waals surface area contributed by atoms with E-state index in [2.05, 4.69) is 23.4 Å². The summed E-state index contributed by atoms with van der Waals surface area (Å²) >= 11 is 5.33. The van der Waals surface area contributed by atoms with E-state index in [4.69, 9.17) is 17.0 Å². The van der Waals surface area contributed by atoms with Crippen molar-refractivity contribution < 1.29 is 4.74 Å². The van der Waals surface area contributed by atoms with Gasteiger partial charge in [-0.05, 0) is 36.9 Å². The van der Waals surface area contributed by atoms with E-state index >= 15 is 0 Å². The predicted octanol–water partition coefficient (Wildman–Crippen LogP) is 2.92. The van der Waals surface area contributed by atoms with E-state index in [1.165, 1.54) is 5.69 Å². The van der Waals surface area contributed by atoms with Gasteiger partial charge in [0.05, 0.1) is 0 Å². The van der Waals surface area contributed by atoms with Gasteiger partial charge in [0, 0.05) is 31.6 Å². The summed E-state index contributed by atoms with van der Waals surface area (Å²) in [5, 5.41) is 0. The summed E-state index contributed by atoms with van der Waals surface area (Å²) < 4.78 is 8.53. The van der Waals surface area contributed by atoms with Crippen LogP contribution in [0.15, 0.2) is 6.20 Å². The van der Waals surface area contributed by atoms with Crippen LogP contribution >= 0.6 is 12.2 Å². The molecule has 2 heterocycles. The van der Waals surface area contributed by atoms with E-state index in [9.17, 15) is 0 Å². The maximum Gasteiger partial charge on any atom is 0.177 e. The second kappa shape index (κ2) is 4.72. The van der Waals surface area contributed by atoms with E-state index in [1.807, 2.05) is 6.20 Å². The van der Waals surface area contributed by atoms with Crippen molar-refractivity contribution in [1.82, 2.24) is 9.55 Å². The van der Waals surface area contributed by atoms with E-state index in [0.717, 1.165) is 43.8 Å². The fourth-order valence-corrected chi connectivity index (χ4v) is 2.54. The van der Waals surface area contributed by atoms with Crippen LogP contribution in [0.3, 0.4) is 0 Å². The van der Waals surface area contributed by atoms with Crippen LogP contribution in [0.2, 0.25) is 0 Å². The van der Waals surface area contributed by atoms with Gasteiger partial charge in [-0.2, -0.15) is 0 Å². The molecule has 0 atom stereocenters. The number of hydrogen-bond acceptors (Lipinski definition) is 2. The minimum atomic E-state index is 0.336. The molecule has 1 fully saturated rings. The van der Waals surface area contributed by atoms with Crippen molar-refractivity contribution in [2.75, 3.05) is 13.2 Å². The standard InChI is InChI=1S/C12H20N2OS/c1-3-10-8-13-11(16)14(10)9-12(2)4-6-15-7-5-12/h8H,3-7,9H2,1-2H3,(H,13,16). The van der Waals surface area contributed by atoms with Crippen LogP contribution in [0.4, 0.5) is 0 Å². The van der Waals surface area contributed by atoms with E-state index in [0.29, 0.717) is 5.41 Å². The molecule has 0 unspecified atom stereocenters. The van der Waals surface area contributed by atoms with Crippen molar-refractivity contribution in [1.29, 1.82) is 0 Å². The number of hydrogen-bond donors (Lipinski definition) is 1. The SMILES string of the molecule is CCc1c[nH]c(=S)n1CC1(C)CCOCC1. The number of aromatic nitrogens is 2. The number of aromatic amines is 1. The Labute approximate surface area is 102 Å².